The summed E-state index contributed by atoms with van der Waals surface area (Å²) in [4.78, 5) is 27.1. The first kappa shape index (κ1) is 19.4. The first-order valence-electron chi connectivity index (χ1n) is 7.50. The zero-order chi connectivity index (χ0) is 19.3. The molecule has 0 fully saturated rings. The summed E-state index contributed by atoms with van der Waals surface area (Å²) >= 11 is 0. The largest absolute Gasteiger partial charge is 0.508 e. The van der Waals surface area contributed by atoms with Gasteiger partial charge in [0.2, 0.25) is 0 Å². The van der Waals surface area contributed by atoms with Crippen molar-refractivity contribution in [3.8, 4) is 11.5 Å². The summed E-state index contributed by atoms with van der Waals surface area (Å²) < 4.78 is 34.6. The van der Waals surface area contributed by atoms with Crippen LogP contribution in [0.2, 0.25) is 0 Å². The number of benzene rings is 1. The number of methoxy groups -OCH3 is 1. The molecule has 0 unspecified atom stereocenters. The SMILES string of the molecule is COC(=O)c1cncc(S(=O)(=O)C[C@@H](C)C(=O)Oc2ccc(O)cc2)c1. The fraction of sp³-hybridized carbons (Fsp3) is 0.235. The molecule has 0 aliphatic heterocycles. The first-order chi connectivity index (χ1) is 12.2. The van der Waals surface area contributed by atoms with Crippen molar-refractivity contribution < 1.29 is 32.6 Å². The van der Waals surface area contributed by atoms with E-state index in [2.05, 4.69) is 9.72 Å². The highest BCUT2D eigenvalue weighted by Crippen LogP contribution is 2.19. The van der Waals surface area contributed by atoms with E-state index in [1.54, 1.807) is 0 Å². The monoisotopic (exact) mass is 379 g/mol. The molecule has 1 aromatic heterocycles. The van der Waals surface area contributed by atoms with Gasteiger partial charge < -0.3 is 14.6 Å². The van der Waals surface area contributed by atoms with Gasteiger partial charge in [-0.25, -0.2) is 13.2 Å². The normalized spacial score (nSPS) is 12.2. The highest BCUT2D eigenvalue weighted by molar-refractivity contribution is 7.91. The molecule has 0 amide bonds. The lowest BCUT2D eigenvalue weighted by Crippen LogP contribution is -2.25. The number of pyridine rings is 1. The molecule has 9 heteroatoms. The van der Waals surface area contributed by atoms with Crippen molar-refractivity contribution >= 4 is 21.8 Å². The maximum absolute atomic E-state index is 12.5. The molecule has 0 radical (unpaired) electrons. The molecule has 0 bridgehead atoms. The molecule has 2 rings (SSSR count). The van der Waals surface area contributed by atoms with Crippen LogP contribution in [-0.4, -0.2) is 43.3 Å². The van der Waals surface area contributed by atoms with Crippen LogP contribution in [-0.2, 0) is 19.4 Å². The van der Waals surface area contributed by atoms with Gasteiger partial charge in [-0.3, -0.25) is 9.78 Å². The summed E-state index contributed by atoms with van der Waals surface area (Å²) in [6, 6.07) is 6.60. The lowest BCUT2D eigenvalue weighted by molar-refractivity contribution is -0.137. The van der Waals surface area contributed by atoms with E-state index in [4.69, 9.17) is 4.74 Å². The number of ether oxygens (including phenoxy) is 2. The predicted molar refractivity (Wildman–Crippen MR) is 90.5 cm³/mol. The van der Waals surface area contributed by atoms with Gasteiger partial charge in [0, 0.05) is 12.4 Å². The van der Waals surface area contributed by atoms with Crippen molar-refractivity contribution in [2.75, 3.05) is 12.9 Å². The van der Waals surface area contributed by atoms with Gasteiger partial charge in [-0.15, -0.1) is 0 Å². The van der Waals surface area contributed by atoms with E-state index in [0.29, 0.717) is 0 Å². The van der Waals surface area contributed by atoms with Gasteiger partial charge in [0.25, 0.3) is 0 Å². The van der Waals surface area contributed by atoms with Gasteiger partial charge in [0.1, 0.15) is 11.5 Å². The van der Waals surface area contributed by atoms with Gasteiger partial charge in [-0.05, 0) is 30.3 Å². The third-order valence-electron chi connectivity index (χ3n) is 3.42. The molecular weight excluding hydrogens is 362 g/mol. The van der Waals surface area contributed by atoms with Crippen molar-refractivity contribution in [3.63, 3.8) is 0 Å². The van der Waals surface area contributed by atoms with E-state index < -0.39 is 33.4 Å². The average Bonchev–Trinajstić information content (AvgIpc) is 2.62. The molecule has 2 aromatic rings. The summed E-state index contributed by atoms with van der Waals surface area (Å²) in [5.74, 6) is -2.73. The molecule has 138 valence electrons. The van der Waals surface area contributed by atoms with Crippen LogP contribution in [0.15, 0.2) is 47.6 Å². The number of aromatic nitrogens is 1. The number of rotatable bonds is 6. The first-order valence-corrected chi connectivity index (χ1v) is 9.15. The maximum Gasteiger partial charge on any atom is 0.339 e. The van der Waals surface area contributed by atoms with Gasteiger partial charge >= 0.3 is 11.9 Å². The van der Waals surface area contributed by atoms with Crippen molar-refractivity contribution in [1.82, 2.24) is 4.98 Å². The molecule has 1 atom stereocenters. The van der Waals surface area contributed by atoms with E-state index in [1.807, 2.05) is 0 Å². The Morgan fingerprint density at radius 3 is 2.46 bits per heavy atom. The van der Waals surface area contributed by atoms with Crippen LogP contribution in [0.5, 0.6) is 11.5 Å². The average molecular weight is 379 g/mol. The quantitative estimate of drug-likeness (QED) is 0.593. The van der Waals surface area contributed by atoms with Crippen molar-refractivity contribution in [2.24, 2.45) is 5.92 Å². The summed E-state index contributed by atoms with van der Waals surface area (Å²) in [6.07, 6.45) is 2.28. The Kier molecular flexibility index (Phi) is 5.93. The number of hydrogen-bond donors (Lipinski definition) is 1. The Morgan fingerprint density at radius 2 is 1.85 bits per heavy atom. The van der Waals surface area contributed by atoms with E-state index >= 15 is 0 Å². The number of aromatic hydroxyl groups is 1. The smallest absolute Gasteiger partial charge is 0.339 e. The number of carbonyl (C=O) groups is 2. The Hall–Kier alpha value is -2.94. The van der Waals surface area contributed by atoms with E-state index in [9.17, 15) is 23.1 Å². The second-order valence-electron chi connectivity index (χ2n) is 5.50. The minimum atomic E-state index is -3.88. The minimum absolute atomic E-state index is 0.00658. The van der Waals surface area contributed by atoms with Gasteiger partial charge in [-0.1, -0.05) is 6.92 Å². The molecule has 1 aromatic carbocycles. The summed E-state index contributed by atoms with van der Waals surface area (Å²) in [7, 11) is -2.71. The molecule has 0 saturated heterocycles. The fourth-order valence-corrected chi connectivity index (χ4v) is 3.56. The second-order valence-corrected chi connectivity index (χ2v) is 7.53. The Labute approximate surface area is 150 Å². The molecule has 0 aliphatic carbocycles. The summed E-state index contributed by atoms with van der Waals surface area (Å²) in [5.41, 5.74) is -0.00658. The summed E-state index contributed by atoms with van der Waals surface area (Å²) in [5, 5.41) is 9.20. The van der Waals surface area contributed by atoms with Gasteiger partial charge in [-0.2, -0.15) is 0 Å². The molecule has 0 spiro atoms. The van der Waals surface area contributed by atoms with Crippen molar-refractivity contribution in [1.29, 1.82) is 0 Å². The van der Waals surface area contributed by atoms with Crippen molar-refractivity contribution in [2.45, 2.75) is 11.8 Å². The number of nitrogens with zero attached hydrogens (tertiary/aromatic N) is 1. The minimum Gasteiger partial charge on any atom is -0.508 e. The Bertz CT molecular complexity index is 907. The zero-order valence-corrected chi connectivity index (χ0v) is 14.9. The molecule has 0 aliphatic rings. The topological polar surface area (TPSA) is 120 Å². The van der Waals surface area contributed by atoms with Crippen LogP contribution in [0, 0.1) is 5.92 Å². The molecule has 26 heavy (non-hydrogen) atoms. The number of carbonyl (C=O) groups excluding carboxylic acids is 2. The van der Waals surface area contributed by atoms with Crippen molar-refractivity contribution in [3.05, 3.63) is 48.3 Å². The standard InChI is InChI=1S/C17H17NO7S/c1-11(16(20)25-14-5-3-13(19)4-6-14)10-26(22,23)15-7-12(8-18-9-15)17(21)24-2/h3-9,11,19H,10H2,1-2H3/t11-/m1/s1. The van der Waals surface area contributed by atoms with Crippen LogP contribution in [0.3, 0.4) is 0 Å². The lowest BCUT2D eigenvalue weighted by Gasteiger charge is -2.12. The van der Waals surface area contributed by atoms with E-state index in [-0.39, 0.29) is 22.0 Å². The molecule has 1 heterocycles. The molecule has 0 saturated carbocycles. The Balaban J connectivity index is 2.11. The Morgan fingerprint density at radius 1 is 1.19 bits per heavy atom. The third kappa shape index (κ3) is 4.79. The van der Waals surface area contributed by atoms with Crippen LogP contribution in [0.25, 0.3) is 0 Å². The zero-order valence-electron chi connectivity index (χ0n) is 14.1. The van der Waals surface area contributed by atoms with E-state index in [0.717, 1.165) is 12.3 Å². The second kappa shape index (κ2) is 7.96. The fourth-order valence-electron chi connectivity index (χ4n) is 2.04. The number of phenols is 1. The lowest BCUT2D eigenvalue weighted by atomic mass is 10.2. The van der Waals surface area contributed by atoms with E-state index in [1.165, 1.54) is 44.5 Å². The van der Waals surface area contributed by atoms with Gasteiger partial charge in [0.15, 0.2) is 9.84 Å². The van der Waals surface area contributed by atoms with Crippen LogP contribution in [0.4, 0.5) is 0 Å². The molecule has 8 nitrogen and oxygen atoms in total. The number of phenolic OH excluding ortho intramolecular Hbond substituents is 1. The van der Waals surface area contributed by atoms with Crippen LogP contribution >= 0.6 is 0 Å². The highest BCUT2D eigenvalue weighted by atomic mass is 32.2. The predicted octanol–water partition coefficient (Wildman–Crippen LogP) is 1.59. The summed E-state index contributed by atoms with van der Waals surface area (Å²) in [6.45, 7) is 1.41. The number of esters is 2. The highest BCUT2D eigenvalue weighted by Gasteiger charge is 2.26. The number of sulfone groups is 1. The third-order valence-corrected chi connectivity index (χ3v) is 5.30. The van der Waals surface area contributed by atoms with Crippen LogP contribution in [0.1, 0.15) is 17.3 Å². The van der Waals surface area contributed by atoms with Crippen LogP contribution < -0.4 is 4.74 Å². The number of hydrogen-bond acceptors (Lipinski definition) is 8. The molecular formula is C17H17NO7S. The maximum atomic E-state index is 12.5. The van der Waals surface area contributed by atoms with Gasteiger partial charge in [0.05, 0.1) is 29.2 Å². The molecule has 1 N–H and O–H groups in total.